The Morgan fingerprint density at radius 2 is 2.05 bits per heavy atom. The SMILES string of the molecule is O=C[C@H](CCCC[C@H]1CNC(=O)C1)NC(=O)C1CCCCC1. The second-order valence-corrected chi connectivity index (χ2v) is 6.74. The Bertz CT molecular complexity index is 391. The van der Waals surface area contributed by atoms with E-state index < -0.39 is 0 Å². The molecule has 2 amide bonds. The van der Waals surface area contributed by atoms with Crippen LogP contribution in [-0.2, 0) is 14.4 Å². The van der Waals surface area contributed by atoms with Crippen LogP contribution in [0.1, 0.15) is 64.2 Å². The number of nitrogens with one attached hydrogen (secondary N) is 2. The van der Waals surface area contributed by atoms with Gasteiger partial charge in [0, 0.05) is 18.9 Å². The first-order chi connectivity index (χ1) is 10.7. The smallest absolute Gasteiger partial charge is 0.223 e. The van der Waals surface area contributed by atoms with Crippen molar-refractivity contribution in [1.29, 1.82) is 0 Å². The van der Waals surface area contributed by atoms with Crippen LogP contribution < -0.4 is 10.6 Å². The van der Waals surface area contributed by atoms with Gasteiger partial charge in [-0.3, -0.25) is 9.59 Å². The molecule has 5 nitrogen and oxygen atoms in total. The molecule has 5 heteroatoms. The fourth-order valence-electron chi connectivity index (χ4n) is 3.51. The van der Waals surface area contributed by atoms with Crippen LogP contribution in [0.3, 0.4) is 0 Å². The number of carbonyl (C=O) groups is 3. The summed E-state index contributed by atoms with van der Waals surface area (Å²) >= 11 is 0. The molecule has 1 saturated heterocycles. The van der Waals surface area contributed by atoms with Crippen LogP contribution in [0.4, 0.5) is 0 Å². The lowest BCUT2D eigenvalue weighted by Crippen LogP contribution is -2.40. The molecular formula is C17H28N2O3. The van der Waals surface area contributed by atoms with Gasteiger partial charge in [0.1, 0.15) is 6.29 Å². The first-order valence-electron chi connectivity index (χ1n) is 8.71. The van der Waals surface area contributed by atoms with Crippen molar-refractivity contribution in [2.75, 3.05) is 6.54 Å². The fourth-order valence-corrected chi connectivity index (χ4v) is 3.51. The highest BCUT2D eigenvalue weighted by Crippen LogP contribution is 2.24. The number of unbranched alkanes of at least 4 members (excludes halogenated alkanes) is 1. The summed E-state index contributed by atoms with van der Waals surface area (Å²) < 4.78 is 0. The van der Waals surface area contributed by atoms with E-state index in [2.05, 4.69) is 10.6 Å². The zero-order valence-electron chi connectivity index (χ0n) is 13.3. The van der Waals surface area contributed by atoms with Crippen LogP contribution in [0, 0.1) is 11.8 Å². The van der Waals surface area contributed by atoms with Gasteiger partial charge in [0.2, 0.25) is 11.8 Å². The van der Waals surface area contributed by atoms with Gasteiger partial charge < -0.3 is 15.4 Å². The van der Waals surface area contributed by atoms with E-state index in [4.69, 9.17) is 0 Å². The molecule has 0 radical (unpaired) electrons. The van der Waals surface area contributed by atoms with Gasteiger partial charge in [0.25, 0.3) is 0 Å². The highest BCUT2D eigenvalue weighted by Gasteiger charge is 2.23. The quantitative estimate of drug-likeness (QED) is 0.531. The van der Waals surface area contributed by atoms with Gasteiger partial charge in [-0.15, -0.1) is 0 Å². The largest absolute Gasteiger partial charge is 0.356 e. The lowest BCUT2D eigenvalue weighted by atomic mass is 9.88. The molecule has 1 aliphatic carbocycles. The van der Waals surface area contributed by atoms with Crippen molar-refractivity contribution in [3.8, 4) is 0 Å². The summed E-state index contributed by atoms with van der Waals surface area (Å²) in [5.74, 6) is 0.753. The summed E-state index contributed by atoms with van der Waals surface area (Å²) in [4.78, 5) is 34.4. The predicted molar refractivity (Wildman–Crippen MR) is 84.2 cm³/mol. The first kappa shape index (κ1) is 17.0. The summed E-state index contributed by atoms with van der Waals surface area (Å²) in [5.41, 5.74) is 0. The van der Waals surface area contributed by atoms with Crippen molar-refractivity contribution >= 4 is 18.1 Å². The third-order valence-corrected chi connectivity index (χ3v) is 4.91. The number of amides is 2. The molecule has 124 valence electrons. The van der Waals surface area contributed by atoms with Gasteiger partial charge in [-0.1, -0.05) is 32.1 Å². The third kappa shape index (κ3) is 5.43. The monoisotopic (exact) mass is 308 g/mol. The molecular weight excluding hydrogens is 280 g/mol. The Kier molecular flexibility index (Phi) is 6.87. The molecule has 2 aliphatic rings. The van der Waals surface area contributed by atoms with E-state index in [0.717, 1.165) is 57.8 Å². The summed E-state index contributed by atoms with van der Waals surface area (Å²) in [6, 6.07) is -0.349. The maximum atomic E-state index is 12.1. The molecule has 1 heterocycles. The normalized spacial score (nSPS) is 23.8. The zero-order valence-corrected chi connectivity index (χ0v) is 13.3. The summed E-state index contributed by atoms with van der Waals surface area (Å²) in [6.07, 6.45) is 10.5. The summed E-state index contributed by atoms with van der Waals surface area (Å²) in [5, 5.41) is 5.74. The van der Waals surface area contributed by atoms with E-state index in [0.29, 0.717) is 18.8 Å². The number of carbonyl (C=O) groups excluding carboxylic acids is 3. The Labute approximate surface area is 132 Å². The molecule has 0 aromatic carbocycles. The molecule has 0 spiro atoms. The summed E-state index contributed by atoms with van der Waals surface area (Å²) in [6.45, 7) is 0.786. The van der Waals surface area contributed by atoms with Crippen molar-refractivity contribution in [3.05, 3.63) is 0 Å². The molecule has 1 saturated carbocycles. The minimum Gasteiger partial charge on any atom is -0.356 e. The minimum absolute atomic E-state index is 0.0578. The van der Waals surface area contributed by atoms with E-state index in [9.17, 15) is 14.4 Å². The fraction of sp³-hybridized carbons (Fsp3) is 0.824. The Morgan fingerprint density at radius 3 is 2.68 bits per heavy atom. The average Bonchev–Trinajstić information content (AvgIpc) is 2.96. The molecule has 0 aromatic heterocycles. The van der Waals surface area contributed by atoms with Crippen molar-refractivity contribution in [3.63, 3.8) is 0 Å². The van der Waals surface area contributed by atoms with Gasteiger partial charge in [0.15, 0.2) is 0 Å². The Balaban J connectivity index is 1.60. The molecule has 2 N–H and O–H groups in total. The lowest BCUT2D eigenvalue weighted by molar-refractivity contribution is -0.128. The second-order valence-electron chi connectivity index (χ2n) is 6.74. The van der Waals surface area contributed by atoms with Gasteiger partial charge >= 0.3 is 0 Å². The lowest BCUT2D eigenvalue weighted by Gasteiger charge is -2.22. The maximum Gasteiger partial charge on any atom is 0.223 e. The average molecular weight is 308 g/mol. The topological polar surface area (TPSA) is 75.3 Å². The molecule has 0 unspecified atom stereocenters. The van der Waals surface area contributed by atoms with Crippen molar-refractivity contribution in [2.24, 2.45) is 11.8 Å². The summed E-state index contributed by atoms with van der Waals surface area (Å²) in [7, 11) is 0. The molecule has 22 heavy (non-hydrogen) atoms. The van der Waals surface area contributed by atoms with Crippen LogP contribution in [0.2, 0.25) is 0 Å². The van der Waals surface area contributed by atoms with Crippen molar-refractivity contribution < 1.29 is 14.4 Å². The van der Waals surface area contributed by atoms with Gasteiger partial charge in [-0.25, -0.2) is 0 Å². The Morgan fingerprint density at radius 1 is 1.27 bits per heavy atom. The van der Waals surface area contributed by atoms with Crippen LogP contribution in [0.15, 0.2) is 0 Å². The van der Waals surface area contributed by atoms with E-state index in [1.807, 2.05) is 0 Å². The number of hydrogen-bond donors (Lipinski definition) is 2. The van der Waals surface area contributed by atoms with Gasteiger partial charge in [-0.2, -0.15) is 0 Å². The van der Waals surface area contributed by atoms with Crippen LogP contribution in [0.25, 0.3) is 0 Å². The maximum absolute atomic E-state index is 12.1. The van der Waals surface area contributed by atoms with Crippen LogP contribution >= 0.6 is 0 Å². The zero-order chi connectivity index (χ0) is 15.8. The highest BCUT2D eigenvalue weighted by molar-refractivity contribution is 5.81. The van der Waals surface area contributed by atoms with Crippen molar-refractivity contribution in [1.82, 2.24) is 10.6 Å². The van der Waals surface area contributed by atoms with Crippen LogP contribution in [0.5, 0.6) is 0 Å². The van der Waals surface area contributed by atoms with E-state index >= 15 is 0 Å². The number of hydrogen-bond acceptors (Lipinski definition) is 3. The predicted octanol–water partition coefficient (Wildman–Crippen LogP) is 1.95. The van der Waals surface area contributed by atoms with Gasteiger partial charge in [0.05, 0.1) is 6.04 Å². The van der Waals surface area contributed by atoms with E-state index in [-0.39, 0.29) is 23.8 Å². The molecule has 1 aliphatic heterocycles. The molecule has 0 aromatic rings. The standard InChI is InChI=1S/C17H28N2O3/c20-12-15(19-17(22)14-7-2-1-3-8-14)9-5-4-6-13-10-16(21)18-11-13/h12-15H,1-11H2,(H,18,21)(H,19,22)/t13-,15+/m1/s1. The highest BCUT2D eigenvalue weighted by atomic mass is 16.2. The van der Waals surface area contributed by atoms with Crippen LogP contribution in [-0.4, -0.2) is 30.7 Å². The molecule has 2 atom stereocenters. The molecule has 2 rings (SSSR count). The first-order valence-corrected chi connectivity index (χ1v) is 8.71. The van der Waals surface area contributed by atoms with E-state index in [1.54, 1.807) is 0 Å². The molecule has 0 bridgehead atoms. The molecule has 2 fully saturated rings. The van der Waals surface area contributed by atoms with Crippen molar-refractivity contribution in [2.45, 2.75) is 70.3 Å². The minimum atomic E-state index is -0.349. The number of aldehydes is 1. The van der Waals surface area contributed by atoms with Gasteiger partial charge in [-0.05, 0) is 31.6 Å². The second kappa shape index (κ2) is 8.91. The number of rotatable bonds is 8. The Hall–Kier alpha value is -1.39. The van der Waals surface area contributed by atoms with E-state index in [1.165, 1.54) is 6.42 Å². The third-order valence-electron chi connectivity index (χ3n) is 4.91.